The van der Waals surface area contributed by atoms with Crippen LogP contribution in [0.25, 0.3) is 6.08 Å². The van der Waals surface area contributed by atoms with Gasteiger partial charge in [0, 0.05) is 32.7 Å². The lowest BCUT2D eigenvalue weighted by Crippen LogP contribution is -2.30. The zero-order chi connectivity index (χ0) is 30.0. The number of benzene rings is 4. The number of halogens is 1. The van der Waals surface area contributed by atoms with Crippen molar-refractivity contribution in [1.82, 2.24) is 10.3 Å². The molecule has 1 unspecified atom stereocenters. The predicted octanol–water partition coefficient (Wildman–Crippen LogP) is 7.68. The second-order valence-corrected chi connectivity index (χ2v) is 11.7. The Labute approximate surface area is 262 Å². The summed E-state index contributed by atoms with van der Waals surface area (Å²) in [5.41, 5.74) is 2.49. The summed E-state index contributed by atoms with van der Waals surface area (Å²) in [4.78, 5) is 44.4. The van der Waals surface area contributed by atoms with Gasteiger partial charge in [-0.1, -0.05) is 72.3 Å². The molecular weight excluding hydrogens is 600 g/mol. The Hall–Kier alpha value is -4.70. The fourth-order valence-electron chi connectivity index (χ4n) is 4.01. The number of hydrogen-bond donors (Lipinski definition) is 3. The molecular formula is C33H25ClN4O3S2. The average Bonchev–Trinajstić information content (AvgIpc) is 3.54. The van der Waals surface area contributed by atoms with E-state index in [0.29, 0.717) is 27.0 Å². The molecule has 1 aromatic heterocycles. The van der Waals surface area contributed by atoms with E-state index < -0.39 is 17.1 Å². The Balaban J connectivity index is 1.32. The summed E-state index contributed by atoms with van der Waals surface area (Å²) in [6.45, 7) is 0. The summed E-state index contributed by atoms with van der Waals surface area (Å²) in [5.74, 6) is -1.11. The Kier molecular flexibility index (Phi) is 10.0. The molecule has 43 heavy (non-hydrogen) atoms. The molecule has 3 amide bonds. The molecule has 0 radical (unpaired) electrons. The lowest BCUT2D eigenvalue weighted by Gasteiger charge is -2.16. The topological polar surface area (TPSA) is 100 Å². The van der Waals surface area contributed by atoms with Crippen LogP contribution in [0.1, 0.15) is 26.7 Å². The van der Waals surface area contributed by atoms with Crippen LogP contribution >= 0.6 is 34.7 Å². The van der Waals surface area contributed by atoms with Crippen molar-refractivity contribution in [2.45, 2.75) is 10.1 Å². The second kappa shape index (κ2) is 14.5. The van der Waals surface area contributed by atoms with E-state index in [1.807, 2.05) is 48.5 Å². The van der Waals surface area contributed by atoms with Crippen LogP contribution in [0.3, 0.4) is 0 Å². The normalized spacial score (nSPS) is 11.8. The minimum Gasteiger partial charge on any atom is -0.321 e. The molecule has 0 bridgehead atoms. The predicted molar refractivity (Wildman–Crippen MR) is 174 cm³/mol. The first kappa shape index (κ1) is 29.8. The maximum absolute atomic E-state index is 13.4. The minimum absolute atomic E-state index is 0.0533. The highest BCUT2D eigenvalue weighted by Crippen LogP contribution is 2.37. The van der Waals surface area contributed by atoms with Crippen molar-refractivity contribution < 1.29 is 14.4 Å². The summed E-state index contributed by atoms with van der Waals surface area (Å²) in [7, 11) is 0. The van der Waals surface area contributed by atoms with Gasteiger partial charge >= 0.3 is 0 Å². The third kappa shape index (κ3) is 8.42. The zero-order valence-corrected chi connectivity index (χ0v) is 25.0. The molecule has 0 spiro atoms. The van der Waals surface area contributed by atoms with Crippen molar-refractivity contribution in [3.05, 3.63) is 148 Å². The molecule has 0 aliphatic rings. The van der Waals surface area contributed by atoms with E-state index in [0.717, 1.165) is 10.5 Å². The zero-order valence-electron chi connectivity index (χ0n) is 22.6. The molecule has 0 aliphatic carbocycles. The number of carbonyl (C=O) groups is 3. The van der Waals surface area contributed by atoms with Crippen LogP contribution in [0.2, 0.25) is 5.02 Å². The van der Waals surface area contributed by atoms with Crippen molar-refractivity contribution in [2.75, 3.05) is 10.6 Å². The van der Waals surface area contributed by atoms with Gasteiger partial charge in [-0.05, 0) is 65.7 Å². The molecule has 1 heterocycles. The van der Waals surface area contributed by atoms with Crippen LogP contribution < -0.4 is 16.0 Å². The van der Waals surface area contributed by atoms with E-state index in [2.05, 4.69) is 20.9 Å². The number of thioether (sulfide) groups is 1. The van der Waals surface area contributed by atoms with Gasteiger partial charge in [-0.15, -0.1) is 23.1 Å². The van der Waals surface area contributed by atoms with Crippen LogP contribution in [0.5, 0.6) is 0 Å². The smallest absolute Gasteiger partial charge is 0.272 e. The first-order valence-corrected chi connectivity index (χ1v) is 15.3. The number of rotatable bonds is 10. The summed E-state index contributed by atoms with van der Waals surface area (Å²) in [5, 5.41) is 10.8. The lowest BCUT2D eigenvalue weighted by atomic mass is 10.1. The number of anilines is 2. The molecule has 214 valence electrons. The number of carbonyl (C=O) groups excluding carboxylic acids is 3. The second-order valence-electron chi connectivity index (χ2n) is 9.15. The van der Waals surface area contributed by atoms with E-state index in [1.54, 1.807) is 78.3 Å². The first-order chi connectivity index (χ1) is 20.9. The SMILES string of the molecule is O=C(Nc1ccc(SC(C(=O)Nc2nccs2)c2ccccc2)cc1)/C(=C/c1cccc(Cl)c1)NC(=O)c1ccccc1. The Morgan fingerprint density at radius 1 is 0.837 bits per heavy atom. The Bertz CT molecular complexity index is 1730. The summed E-state index contributed by atoms with van der Waals surface area (Å²) >= 11 is 8.88. The van der Waals surface area contributed by atoms with Gasteiger partial charge in [0.1, 0.15) is 10.9 Å². The average molecular weight is 625 g/mol. The van der Waals surface area contributed by atoms with E-state index in [1.165, 1.54) is 23.1 Å². The molecule has 5 rings (SSSR count). The van der Waals surface area contributed by atoms with Crippen molar-refractivity contribution in [3.8, 4) is 0 Å². The largest absolute Gasteiger partial charge is 0.321 e. The van der Waals surface area contributed by atoms with E-state index >= 15 is 0 Å². The lowest BCUT2D eigenvalue weighted by molar-refractivity contribution is -0.116. The van der Waals surface area contributed by atoms with Crippen LogP contribution in [-0.2, 0) is 9.59 Å². The number of aromatic nitrogens is 1. The maximum atomic E-state index is 13.4. The third-order valence-electron chi connectivity index (χ3n) is 6.06. The number of nitrogens with zero attached hydrogens (tertiary/aromatic N) is 1. The number of amides is 3. The Morgan fingerprint density at radius 2 is 1.56 bits per heavy atom. The highest BCUT2D eigenvalue weighted by molar-refractivity contribution is 8.00. The number of hydrogen-bond acceptors (Lipinski definition) is 6. The van der Waals surface area contributed by atoms with Gasteiger partial charge in [0.05, 0.1) is 0 Å². The highest BCUT2D eigenvalue weighted by atomic mass is 35.5. The van der Waals surface area contributed by atoms with Gasteiger partial charge in [0.25, 0.3) is 11.8 Å². The maximum Gasteiger partial charge on any atom is 0.272 e. The van der Waals surface area contributed by atoms with Crippen LogP contribution in [-0.4, -0.2) is 22.7 Å². The quantitative estimate of drug-likeness (QED) is 0.109. The van der Waals surface area contributed by atoms with E-state index in [9.17, 15) is 14.4 Å². The first-order valence-electron chi connectivity index (χ1n) is 13.1. The van der Waals surface area contributed by atoms with Gasteiger partial charge in [-0.25, -0.2) is 4.98 Å². The number of nitrogens with one attached hydrogen (secondary N) is 3. The standard InChI is InChI=1S/C33H25ClN4O3S2/c34-25-13-7-8-22(20-25)21-28(37-30(39)24-11-5-2-6-12-24)31(40)36-26-14-16-27(17-15-26)43-29(23-9-3-1-4-10-23)32(41)38-33-35-18-19-42-33/h1-21,29H,(H,36,40)(H,37,39)(H,35,38,41)/b28-21-. The fourth-order valence-corrected chi connectivity index (χ4v) is 5.77. The van der Waals surface area contributed by atoms with Crippen LogP contribution in [0.4, 0.5) is 10.8 Å². The molecule has 7 nitrogen and oxygen atoms in total. The van der Waals surface area contributed by atoms with Crippen molar-refractivity contribution in [2.24, 2.45) is 0 Å². The van der Waals surface area contributed by atoms with Gasteiger partial charge in [-0.2, -0.15) is 0 Å². The van der Waals surface area contributed by atoms with Gasteiger partial charge in [0.2, 0.25) is 5.91 Å². The highest BCUT2D eigenvalue weighted by Gasteiger charge is 2.23. The van der Waals surface area contributed by atoms with Crippen LogP contribution in [0, 0.1) is 0 Å². The molecule has 5 aromatic rings. The van der Waals surface area contributed by atoms with Gasteiger partial charge in [-0.3, -0.25) is 14.4 Å². The molecule has 0 saturated carbocycles. The minimum atomic E-state index is -0.522. The molecule has 0 saturated heterocycles. The summed E-state index contributed by atoms with van der Waals surface area (Å²) in [6.07, 6.45) is 3.21. The third-order valence-corrected chi connectivity index (χ3v) is 8.25. The van der Waals surface area contributed by atoms with E-state index in [4.69, 9.17) is 11.6 Å². The van der Waals surface area contributed by atoms with Gasteiger partial charge < -0.3 is 16.0 Å². The van der Waals surface area contributed by atoms with Crippen LogP contribution in [0.15, 0.2) is 131 Å². The molecule has 10 heteroatoms. The van der Waals surface area contributed by atoms with Crippen molar-refractivity contribution in [3.63, 3.8) is 0 Å². The Morgan fingerprint density at radius 3 is 2.23 bits per heavy atom. The van der Waals surface area contributed by atoms with Crippen molar-refractivity contribution in [1.29, 1.82) is 0 Å². The monoisotopic (exact) mass is 624 g/mol. The van der Waals surface area contributed by atoms with Crippen molar-refractivity contribution >= 4 is 69.3 Å². The molecule has 0 aliphatic heterocycles. The molecule has 4 aromatic carbocycles. The summed E-state index contributed by atoms with van der Waals surface area (Å²) < 4.78 is 0. The van der Waals surface area contributed by atoms with Gasteiger partial charge in [0.15, 0.2) is 5.13 Å². The molecule has 3 N–H and O–H groups in total. The number of thiazole rings is 1. The van der Waals surface area contributed by atoms with E-state index in [-0.39, 0.29) is 11.6 Å². The molecule has 0 fully saturated rings. The molecule has 1 atom stereocenters. The fraction of sp³-hybridized carbons (Fsp3) is 0.0303. The summed E-state index contributed by atoms with van der Waals surface area (Å²) in [6, 6.07) is 32.3.